The number of benzene rings is 1. The zero-order chi connectivity index (χ0) is 19.7. The van der Waals surface area contributed by atoms with Crippen LogP contribution in [-0.2, 0) is 0 Å². The zero-order valence-electron chi connectivity index (χ0n) is 15.6. The summed E-state index contributed by atoms with van der Waals surface area (Å²) in [4.78, 5) is 32.4. The van der Waals surface area contributed by atoms with Crippen molar-refractivity contribution in [3.63, 3.8) is 0 Å². The van der Waals surface area contributed by atoms with E-state index in [1.54, 1.807) is 23.0 Å². The fourth-order valence-electron chi connectivity index (χ4n) is 3.10. The Morgan fingerprint density at radius 3 is 2.54 bits per heavy atom. The minimum absolute atomic E-state index is 0.0508. The average Bonchev–Trinajstić information content (AvgIpc) is 2.68. The van der Waals surface area contributed by atoms with E-state index in [0.717, 1.165) is 5.69 Å². The monoisotopic (exact) mass is 378 g/mol. The maximum atomic E-state index is 15.0. The fourth-order valence-corrected chi connectivity index (χ4v) is 3.10. The number of rotatable bonds is 4. The number of aromatic nitrogens is 4. The third kappa shape index (κ3) is 3.28. The van der Waals surface area contributed by atoms with Gasteiger partial charge in [0.2, 0.25) is 0 Å². The highest BCUT2D eigenvalue weighted by Crippen LogP contribution is 2.29. The molecule has 0 saturated carbocycles. The maximum absolute atomic E-state index is 15.0. The molecule has 28 heavy (non-hydrogen) atoms. The summed E-state index contributed by atoms with van der Waals surface area (Å²) in [5, 5.41) is 0. The van der Waals surface area contributed by atoms with Gasteiger partial charge in [-0.25, -0.2) is 19.3 Å². The lowest BCUT2D eigenvalue weighted by molar-refractivity contribution is 0.0698. The third-order valence-electron chi connectivity index (χ3n) is 4.85. The molecule has 1 aromatic carbocycles. The lowest BCUT2D eigenvalue weighted by Gasteiger charge is -2.44. The van der Waals surface area contributed by atoms with Gasteiger partial charge in [0, 0.05) is 31.9 Å². The predicted molar refractivity (Wildman–Crippen MR) is 102 cm³/mol. The van der Waals surface area contributed by atoms with Crippen LogP contribution in [0, 0.1) is 12.7 Å². The largest absolute Gasteiger partial charge is 0.350 e. The molecular weight excluding hydrogens is 359 g/mol. The van der Waals surface area contributed by atoms with E-state index in [1.807, 2.05) is 37.3 Å². The summed E-state index contributed by atoms with van der Waals surface area (Å²) >= 11 is 0. The SMILES string of the molecule is Cc1cnc(C(=O)N(C)C2CN(c3ncnc(-c4ccccc4)c3F)C2)cn1. The summed E-state index contributed by atoms with van der Waals surface area (Å²) in [5.74, 6) is -0.406. The van der Waals surface area contributed by atoms with Crippen molar-refractivity contribution in [2.45, 2.75) is 13.0 Å². The molecule has 1 aliphatic heterocycles. The van der Waals surface area contributed by atoms with Gasteiger partial charge in [0.15, 0.2) is 11.6 Å². The summed E-state index contributed by atoms with van der Waals surface area (Å²) in [7, 11) is 1.72. The average molecular weight is 378 g/mol. The van der Waals surface area contributed by atoms with Gasteiger partial charge in [-0.05, 0) is 6.92 Å². The first-order chi connectivity index (χ1) is 13.5. The minimum Gasteiger partial charge on any atom is -0.350 e. The molecule has 0 unspecified atom stereocenters. The highest BCUT2D eigenvalue weighted by atomic mass is 19.1. The molecule has 142 valence electrons. The number of anilines is 1. The number of halogens is 1. The summed E-state index contributed by atoms with van der Waals surface area (Å²) < 4.78 is 15.0. The normalized spacial score (nSPS) is 13.9. The number of likely N-dealkylation sites (N-methyl/N-ethyl adjacent to an activating group) is 1. The van der Waals surface area contributed by atoms with Crippen LogP contribution < -0.4 is 4.90 Å². The van der Waals surface area contributed by atoms with Crippen LogP contribution >= 0.6 is 0 Å². The quantitative estimate of drug-likeness (QED) is 0.694. The number of carbonyl (C=O) groups is 1. The molecule has 0 atom stereocenters. The molecular formula is C20H19FN6O. The Labute approximate surface area is 161 Å². The van der Waals surface area contributed by atoms with E-state index in [2.05, 4.69) is 19.9 Å². The Kier molecular flexibility index (Phi) is 4.68. The van der Waals surface area contributed by atoms with E-state index < -0.39 is 5.82 Å². The van der Waals surface area contributed by atoms with Crippen molar-refractivity contribution in [1.29, 1.82) is 0 Å². The number of amides is 1. The van der Waals surface area contributed by atoms with Crippen molar-refractivity contribution in [2.24, 2.45) is 0 Å². The number of hydrogen-bond acceptors (Lipinski definition) is 6. The Hall–Kier alpha value is -3.42. The molecule has 0 bridgehead atoms. The van der Waals surface area contributed by atoms with Gasteiger partial charge in [-0.2, -0.15) is 0 Å². The van der Waals surface area contributed by atoms with Crippen LogP contribution in [0.15, 0.2) is 49.1 Å². The molecule has 0 aliphatic carbocycles. The molecule has 1 amide bonds. The van der Waals surface area contributed by atoms with Crippen molar-refractivity contribution >= 4 is 11.7 Å². The van der Waals surface area contributed by atoms with Gasteiger partial charge in [-0.3, -0.25) is 9.78 Å². The van der Waals surface area contributed by atoms with Crippen molar-refractivity contribution in [1.82, 2.24) is 24.8 Å². The molecule has 8 heteroatoms. The van der Waals surface area contributed by atoms with Gasteiger partial charge >= 0.3 is 0 Å². The van der Waals surface area contributed by atoms with Crippen molar-refractivity contribution in [3.8, 4) is 11.3 Å². The fraction of sp³-hybridized carbons (Fsp3) is 0.250. The van der Waals surface area contributed by atoms with E-state index in [-0.39, 0.29) is 23.5 Å². The van der Waals surface area contributed by atoms with Gasteiger partial charge in [-0.1, -0.05) is 30.3 Å². The van der Waals surface area contributed by atoms with Crippen molar-refractivity contribution < 1.29 is 9.18 Å². The molecule has 0 N–H and O–H groups in total. The lowest BCUT2D eigenvalue weighted by atomic mass is 10.1. The van der Waals surface area contributed by atoms with Gasteiger partial charge in [-0.15, -0.1) is 0 Å². The Balaban J connectivity index is 1.47. The number of hydrogen-bond donors (Lipinski definition) is 0. The zero-order valence-corrected chi connectivity index (χ0v) is 15.6. The first-order valence-electron chi connectivity index (χ1n) is 8.91. The Bertz CT molecular complexity index is 989. The number of nitrogens with zero attached hydrogens (tertiary/aromatic N) is 6. The van der Waals surface area contributed by atoms with E-state index in [4.69, 9.17) is 0 Å². The van der Waals surface area contributed by atoms with Gasteiger partial charge in [0.1, 0.15) is 17.7 Å². The molecule has 0 radical (unpaired) electrons. The van der Waals surface area contributed by atoms with Gasteiger partial charge in [0.25, 0.3) is 5.91 Å². The second-order valence-electron chi connectivity index (χ2n) is 6.74. The van der Waals surface area contributed by atoms with Gasteiger partial charge in [0.05, 0.1) is 17.9 Å². The third-order valence-corrected chi connectivity index (χ3v) is 4.85. The summed E-state index contributed by atoms with van der Waals surface area (Å²) in [6, 6.07) is 9.11. The van der Waals surface area contributed by atoms with Crippen LogP contribution in [0.3, 0.4) is 0 Å². The van der Waals surface area contributed by atoms with Crippen molar-refractivity contribution in [2.75, 3.05) is 25.0 Å². The molecule has 1 fully saturated rings. The first kappa shape index (κ1) is 18.0. The topological polar surface area (TPSA) is 75.1 Å². The lowest BCUT2D eigenvalue weighted by Crippen LogP contribution is -2.60. The van der Waals surface area contributed by atoms with Crippen LogP contribution in [0.25, 0.3) is 11.3 Å². The molecule has 3 aromatic rings. The van der Waals surface area contributed by atoms with Crippen LogP contribution in [0.2, 0.25) is 0 Å². The molecule has 4 rings (SSSR count). The number of carbonyl (C=O) groups excluding carboxylic acids is 1. The molecule has 0 spiro atoms. The molecule has 3 heterocycles. The van der Waals surface area contributed by atoms with Crippen LogP contribution in [0.1, 0.15) is 16.2 Å². The highest BCUT2D eigenvalue weighted by Gasteiger charge is 2.35. The highest BCUT2D eigenvalue weighted by molar-refractivity contribution is 5.92. The Morgan fingerprint density at radius 2 is 1.86 bits per heavy atom. The smallest absolute Gasteiger partial charge is 0.274 e. The van der Waals surface area contributed by atoms with Gasteiger partial charge < -0.3 is 9.80 Å². The van der Waals surface area contributed by atoms with Crippen molar-refractivity contribution in [3.05, 3.63) is 66.3 Å². The van der Waals surface area contributed by atoms with Crippen LogP contribution in [0.5, 0.6) is 0 Å². The molecule has 1 saturated heterocycles. The van der Waals surface area contributed by atoms with E-state index in [0.29, 0.717) is 24.3 Å². The molecule has 7 nitrogen and oxygen atoms in total. The second-order valence-corrected chi connectivity index (χ2v) is 6.74. The minimum atomic E-state index is -0.453. The maximum Gasteiger partial charge on any atom is 0.274 e. The Morgan fingerprint density at radius 1 is 1.11 bits per heavy atom. The predicted octanol–water partition coefficient (Wildman–Crippen LogP) is 2.34. The van der Waals surface area contributed by atoms with E-state index in [9.17, 15) is 9.18 Å². The molecule has 1 aliphatic rings. The van der Waals surface area contributed by atoms with Crippen LogP contribution in [0.4, 0.5) is 10.2 Å². The van der Waals surface area contributed by atoms with Crippen LogP contribution in [-0.4, -0.2) is 56.9 Å². The summed E-state index contributed by atoms with van der Waals surface area (Å²) in [5.41, 5.74) is 2.02. The summed E-state index contributed by atoms with van der Waals surface area (Å²) in [6.45, 7) is 2.79. The number of aryl methyl sites for hydroxylation is 1. The van der Waals surface area contributed by atoms with E-state index >= 15 is 0 Å². The standard InChI is InChI=1S/C20H19FN6O/c1-13-8-23-16(9-22-13)20(28)26(2)15-10-27(11-15)19-17(21)18(24-12-25-19)14-6-4-3-5-7-14/h3-9,12,15H,10-11H2,1-2H3. The molecule has 2 aromatic heterocycles. The van der Waals surface area contributed by atoms with E-state index in [1.165, 1.54) is 12.5 Å². The first-order valence-corrected chi connectivity index (χ1v) is 8.91. The summed E-state index contributed by atoms with van der Waals surface area (Å²) in [6.07, 6.45) is 4.40. The second kappa shape index (κ2) is 7.30.